The Morgan fingerprint density at radius 3 is 2.58 bits per heavy atom. The SMILES string of the molecule is CC(C)C(NC(=O)NCc1ccccc1)C(=O)N1CCOC(C(=O)O)C1. The first kappa shape index (κ1) is 19.7. The molecule has 0 radical (unpaired) electrons. The van der Waals surface area contributed by atoms with Gasteiger partial charge in [-0.25, -0.2) is 9.59 Å². The lowest BCUT2D eigenvalue weighted by Gasteiger charge is -2.34. The minimum Gasteiger partial charge on any atom is -0.479 e. The van der Waals surface area contributed by atoms with Crippen LogP contribution in [-0.2, 0) is 20.9 Å². The second kappa shape index (κ2) is 9.19. The summed E-state index contributed by atoms with van der Waals surface area (Å²) in [5, 5.41) is 14.5. The normalized spacial score (nSPS) is 18.3. The van der Waals surface area contributed by atoms with Crippen LogP contribution in [0.1, 0.15) is 19.4 Å². The van der Waals surface area contributed by atoms with Gasteiger partial charge in [-0.1, -0.05) is 44.2 Å². The number of morpholine rings is 1. The van der Waals surface area contributed by atoms with Gasteiger partial charge in [0.15, 0.2) is 6.10 Å². The number of amides is 3. The Labute approximate surface area is 152 Å². The van der Waals surface area contributed by atoms with Gasteiger partial charge >= 0.3 is 12.0 Å². The van der Waals surface area contributed by atoms with E-state index in [-0.39, 0.29) is 25.0 Å². The number of aliphatic carboxylic acids is 1. The number of carbonyl (C=O) groups is 3. The second-order valence-electron chi connectivity index (χ2n) is 6.52. The zero-order valence-electron chi connectivity index (χ0n) is 15.0. The molecule has 0 bridgehead atoms. The van der Waals surface area contributed by atoms with Crippen LogP contribution in [0.3, 0.4) is 0 Å². The van der Waals surface area contributed by atoms with Gasteiger partial charge in [0.1, 0.15) is 6.04 Å². The molecule has 0 spiro atoms. The highest BCUT2D eigenvalue weighted by atomic mass is 16.5. The van der Waals surface area contributed by atoms with E-state index in [4.69, 9.17) is 9.84 Å². The van der Waals surface area contributed by atoms with Crippen molar-refractivity contribution in [1.82, 2.24) is 15.5 Å². The van der Waals surface area contributed by atoms with E-state index in [9.17, 15) is 14.4 Å². The van der Waals surface area contributed by atoms with Crippen molar-refractivity contribution in [3.63, 3.8) is 0 Å². The summed E-state index contributed by atoms with van der Waals surface area (Å²) in [6.45, 7) is 4.45. The topological polar surface area (TPSA) is 108 Å². The summed E-state index contributed by atoms with van der Waals surface area (Å²) >= 11 is 0. The van der Waals surface area contributed by atoms with Gasteiger partial charge in [0.2, 0.25) is 5.91 Å². The molecular formula is C18H25N3O5. The van der Waals surface area contributed by atoms with Crippen molar-refractivity contribution in [3.05, 3.63) is 35.9 Å². The zero-order valence-corrected chi connectivity index (χ0v) is 15.0. The predicted octanol–water partition coefficient (Wildman–Crippen LogP) is 0.822. The molecule has 1 aromatic rings. The van der Waals surface area contributed by atoms with Gasteiger partial charge in [-0.3, -0.25) is 4.79 Å². The molecule has 1 aliphatic heterocycles. The summed E-state index contributed by atoms with van der Waals surface area (Å²) in [4.78, 5) is 37.4. The average molecular weight is 363 g/mol. The molecule has 8 nitrogen and oxygen atoms in total. The Kier molecular flexibility index (Phi) is 6.97. The highest BCUT2D eigenvalue weighted by molar-refractivity contribution is 5.88. The first-order valence-electron chi connectivity index (χ1n) is 8.60. The summed E-state index contributed by atoms with van der Waals surface area (Å²) in [7, 11) is 0. The predicted molar refractivity (Wildman–Crippen MR) is 94.4 cm³/mol. The van der Waals surface area contributed by atoms with Gasteiger partial charge in [0.25, 0.3) is 0 Å². The van der Waals surface area contributed by atoms with E-state index in [1.807, 2.05) is 44.2 Å². The van der Waals surface area contributed by atoms with Crippen LogP contribution in [0.5, 0.6) is 0 Å². The van der Waals surface area contributed by atoms with Crippen molar-refractivity contribution in [3.8, 4) is 0 Å². The van der Waals surface area contributed by atoms with Crippen LogP contribution >= 0.6 is 0 Å². The van der Waals surface area contributed by atoms with Gasteiger partial charge in [-0.05, 0) is 11.5 Å². The molecule has 3 amide bonds. The van der Waals surface area contributed by atoms with Crippen LogP contribution in [-0.4, -0.2) is 59.8 Å². The summed E-state index contributed by atoms with van der Waals surface area (Å²) in [5.74, 6) is -1.54. The third-order valence-corrected chi connectivity index (χ3v) is 4.17. The Morgan fingerprint density at radius 1 is 1.27 bits per heavy atom. The van der Waals surface area contributed by atoms with Crippen LogP contribution in [0.25, 0.3) is 0 Å². The van der Waals surface area contributed by atoms with Crippen molar-refractivity contribution < 1.29 is 24.2 Å². The highest BCUT2D eigenvalue weighted by Crippen LogP contribution is 2.11. The number of urea groups is 1. The molecule has 1 heterocycles. The third kappa shape index (κ3) is 5.45. The van der Waals surface area contributed by atoms with E-state index >= 15 is 0 Å². The molecule has 1 fully saturated rings. The summed E-state index contributed by atoms with van der Waals surface area (Å²) in [5.41, 5.74) is 0.951. The molecule has 142 valence electrons. The molecule has 1 saturated heterocycles. The molecule has 0 saturated carbocycles. The van der Waals surface area contributed by atoms with Crippen molar-refractivity contribution in [1.29, 1.82) is 0 Å². The van der Waals surface area contributed by atoms with Crippen molar-refractivity contribution >= 4 is 17.9 Å². The first-order valence-corrected chi connectivity index (χ1v) is 8.60. The van der Waals surface area contributed by atoms with Crippen LogP contribution in [0.15, 0.2) is 30.3 Å². The van der Waals surface area contributed by atoms with Crippen LogP contribution in [0, 0.1) is 5.92 Å². The molecule has 26 heavy (non-hydrogen) atoms. The number of nitrogens with zero attached hydrogens (tertiary/aromatic N) is 1. The van der Waals surface area contributed by atoms with Gasteiger partial charge < -0.3 is 25.4 Å². The lowest BCUT2D eigenvalue weighted by Crippen LogP contribution is -2.57. The minimum atomic E-state index is -1.10. The van der Waals surface area contributed by atoms with Crippen molar-refractivity contribution in [2.75, 3.05) is 19.7 Å². The molecule has 1 aliphatic rings. The smallest absolute Gasteiger partial charge is 0.334 e. The minimum absolute atomic E-state index is 0.0231. The Bertz CT molecular complexity index is 635. The lowest BCUT2D eigenvalue weighted by atomic mass is 10.0. The number of nitrogens with one attached hydrogen (secondary N) is 2. The van der Waals surface area contributed by atoms with E-state index < -0.39 is 24.1 Å². The average Bonchev–Trinajstić information content (AvgIpc) is 2.64. The number of ether oxygens (including phenoxy) is 1. The van der Waals surface area contributed by atoms with Gasteiger partial charge in [-0.2, -0.15) is 0 Å². The largest absolute Gasteiger partial charge is 0.479 e. The monoisotopic (exact) mass is 363 g/mol. The van der Waals surface area contributed by atoms with E-state index in [0.717, 1.165) is 5.56 Å². The van der Waals surface area contributed by atoms with E-state index in [0.29, 0.717) is 13.1 Å². The number of carboxylic acid groups (broad SMARTS) is 1. The van der Waals surface area contributed by atoms with Crippen molar-refractivity contribution in [2.45, 2.75) is 32.5 Å². The standard InChI is InChI=1S/C18H25N3O5/c1-12(2)15(16(22)21-8-9-26-14(11-21)17(23)24)20-18(25)19-10-13-6-4-3-5-7-13/h3-7,12,14-15H,8-11H2,1-2H3,(H,23,24)(H2,19,20,25). The number of hydrogen-bond acceptors (Lipinski definition) is 4. The molecular weight excluding hydrogens is 338 g/mol. The summed E-state index contributed by atoms with van der Waals surface area (Å²) < 4.78 is 5.14. The first-order chi connectivity index (χ1) is 12.4. The van der Waals surface area contributed by atoms with E-state index in [1.165, 1.54) is 4.90 Å². The van der Waals surface area contributed by atoms with Gasteiger partial charge in [0, 0.05) is 13.1 Å². The van der Waals surface area contributed by atoms with E-state index in [1.54, 1.807) is 0 Å². The number of hydrogen-bond donors (Lipinski definition) is 3. The van der Waals surface area contributed by atoms with Gasteiger partial charge in [-0.15, -0.1) is 0 Å². The number of carboxylic acids is 1. The maximum absolute atomic E-state index is 12.8. The molecule has 1 aromatic carbocycles. The lowest BCUT2D eigenvalue weighted by molar-refractivity contribution is -0.160. The number of benzene rings is 1. The fraction of sp³-hybridized carbons (Fsp3) is 0.500. The summed E-state index contributed by atoms with van der Waals surface area (Å²) in [6.07, 6.45) is -1.03. The fourth-order valence-electron chi connectivity index (χ4n) is 2.68. The van der Waals surface area contributed by atoms with Crippen LogP contribution < -0.4 is 10.6 Å². The molecule has 2 rings (SSSR count). The Balaban J connectivity index is 1.93. The van der Waals surface area contributed by atoms with Crippen LogP contribution in [0.2, 0.25) is 0 Å². The quantitative estimate of drug-likeness (QED) is 0.694. The number of rotatable bonds is 6. The van der Waals surface area contributed by atoms with Crippen molar-refractivity contribution in [2.24, 2.45) is 5.92 Å². The molecule has 8 heteroatoms. The fourth-order valence-corrected chi connectivity index (χ4v) is 2.68. The number of carbonyl (C=O) groups excluding carboxylic acids is 2. The van der Waals surface area contributed by atoms with Crippen LogP contribution in [0.4, 0.5) is 4.79 Å². The molecule has 3 N–H and O–H groups in total. The molecule has 2 atom stereocenters. The Hall–Kier alpha value is -2.61. The second-order valence-corrected chi connectivity index (χ2v) is 6.52. The zero-order chi connectivity index (χ0) is 19.1. The molecule has 0 aromatic heterocycles. The Morgan fingerprint density at radius 2 is 1.96 bits per heavy atom. The third-order valence-electron chi connectivity index (χ3n) is 4.17. The maximum atomic E-state index is 12.8. The van der Waals surface area contributed by atoms with Gasteiger partial charge in [0.05, 0.1) is 13.2 Å². The summed E-state index contributed by atoms with van der Waals surface area (Å²) in [6, 6.07) is 8.27. The molecule has 2 unspecified atom stereocenters. The van der Waals surface area contributed by atoms with E-state index in [2.05, 4.69) is 10.6 Å². The maximum Gasteiger partial charge on any atom is 0.334 e. The molecule has 0 aliphatic carbocycles. The highest BCUT2D eigenvalue weighted by Gasteiger charge is 2.34.